The second-order valence-electron chi connectivity index (χ2n) is 7.15. The molecule has 0 heterocycles. The third kappa shape index (κ3) is 6.81. The number of rotatable bonds is 0. The topological polar surface area (TPSA) is 0 Å². The third-order valence-electron chi connectivity index (χ3n) is 4.39. The average molecular weight is 447 g/mol. The van der Waals surface area contributed by atoms with Crippen molar-refractivity contribution in [1.82, 2.24) is 0 Å². The minimum absolute atomic E-state index is 0.139. The maximum absolute atomic E-state index is 2.31. The molecule has 32 heavy (non-hydrogen) atoms. The second kappa shape index (κ2) is 16.3. The summed E-state index contributed by atoms with van der Waals surface area (Å²) in [5.41, 5.74) is 0. The van der Waals surface area contributed by atoms with Crippen molar-refractivity contribution in [2.45, 2.75) is 75.0 Å². The van der Waals surface area contributed by atoms with Gasteiger partial charge in [-0.2, -0.15) is 0 Å². The molecule has 1 heteroatoms. The van der Waals surface area contributed by atoms with Gasteiger partial charge in [-0.05, 0) is 43.1 Å². The molecular formula is C31H46Si. The van der Waals surface area contributed by atoms with Gasteiger partial charge in [-0.3, -0.25) is 0 Å². The second-order valence-corrected chi connectivity index (χ2v) is 10.6. The highest BCUT2D eigenvalue weighted by Gasteiger charge is 2.11. The van der Waals surface area contributed by atoms with E-state index in [2.05, 4.69) is 92.4 Å². The van der Waals surface area contributed by atoms with Crippen molar-refractivity contribution in [2.75, 3.05) is 0 Å². The molecule has 5 rings (SSSR count). The van der Waals surface area contributed by atoms with E-state index in [1.807, 2.05) is 55.4 Å². The van der Waals surface area contributed by atoms with E-state index in [-0.39, 0.29) is 8.80 Å². The molecule has 0 N–H and O–H groups in total. The van der Waals surface area contributed by atoms with Gasteiger partial charge in [0.25, 0.3) is 0 Å². The van der Waals surface area contributed by atoms with Gasteiger partial charge in [0, 0.05) is 8.80 Å². The summed E-state index contributed by atoms with van der Waals surface area (Å²) in [6.07, 6.45) is 0. The fourth-order valence-electron chi connectivity index (χ4n) is 3.58. The third-order valence-corrected chi connectivity index (χ3v) is 4.39. The Morgan fingerprint density at radius 1 is 0.375 bits per heavy atom. The van der Waals surface area contributed by atoms with E-state index in [0.717, 1.165) is 0 Å². The first-order chi connectivity index (χ1) is 15.7. The molecule has 0 bridgehead atoms. The largest absolute Gasteiger partial charge is 0.0724 e. The van der Waals surface area contributed by atoms with Crippen molar-refractivity contribution in [3.63, 3.8) is 0 Å². The first-order valence-electron chi connectivity index (χ1n) is 12.7. The summed E-state index contributed by atoms with van der Waals surface area (Å²) in [5, 5.41) is 10.9. The Morgan fingerprint density at radius 3 is 0.750 bits per heavy atom. The normalized spacial score (nSPS) is 9.38. The molecule has 5 aromatic rings. The molecule has 0 saturated carbocycles. The Labute approximate surface area is 199 Å². The van der Waals surface area contributed by atoms with Crippen LogP contribution in [0.1, 0.15) is 55.4 Å². The molecule has 0 saturated heterocycles. The van der Waals surface area contributed by atoms with Crippen LogP contribution in [0.2, 0.25) is 19.6 Å². The molecule has 0 aliphatic carbocycles. The number of hydrogen-bond donors (Lipinski definition) is 0. The predicted octanol–water partition coefficient (Wildman–Crippen LogP) is 10.9. The number of fused-ring (bicyclic) bond motifs is 2. The van der Waals surface area contributed by atoms with Crippen LogP contribution < -0.4 is 0 Å². The van der Waals surface area contributed by atoms with Gasteiger partial charge in [-0.15, -0.1) is 0 Å². The lowest BCUT2D eigenvalue weighted by atomic mass is 9.90. The van der Waals surface area contributed by atoms with Gasteiger partial charge in [0.1, 0.15) is 0 Å². The van der Waals surface area contributed by atoms with Crippen LogP contribution in [0.3, 0.4) is 0 Å². The lowest BCUT2D eigenvalue weighted by molar-refractivity contribution is 1.50. The van der Waals surface area contributed by atoms with Gasteiger partial charge >= 0.3 is 0 Å². The van der Waals surface area contributed by atoms with Crippen molar-refractivity contribution < 1.29 is 0 Å². The molecule has 0 nitrogen and oxygen atoms in total. The van der Waals surface area contributed by atoms with Gasteiger partial charge in [0.2, 0.25) is 0 Å². The molecule has 0 aromatic heterocycles. The van der Waals surface area contributed by atoms with Gasteiger partial charge in [-0.25, -0.2) is 0 Å². The maximum Gasteiger partial charge on any atom is 0.0274 e. The van der Waals surface area contributed by atoms with Crippen LogP contribution in [0, 0.1) is 0 Å². The van der Waals surface area contributed by atoms with Crippen LogP contribution in [0.25, 0.3) is 43.1 Å². The molecular weight excluding hydrogens is 400 g/mol. The van der Waals surface area contributed by atoms with Crippen LogP contribution in [0.4, 0.5) is 0 Å². The highest BCUT2D eigenvalue weighted by Crippen LogP contribution is 2.39. The fraction of sp³-hybridized carbons (Fsp3) is 0.355. The smallest absolute Gasteiger partial charge is 0.0274 e. The summed E-state index contributed by atoms with van der Waals surface area (Å²) in [5.74, 6) is 0. The average Bonchev–Trinajstić information content (AvgIpc) is 2.87. The molecule has 174 valence electrons. The minimum atomic E-state index is -0.139. The summed E-state index contributed by atoms with van der Waals surface area (Å²) in [7, 11) is -0.139. The first-order valence-corrected chi connectivity index (χ1v) is 16.2. The number of hydrogen-bond acceptors (Lipinski definition) is 0. The summed E-state index contributed by atoms with van der Waals surface area (Å²) in [4.78, 5) is 0. The highest BCUT2D eigenvalue weighted by atomic mass is 28.3. The van der Waals surface area contributed by atoms with E-state index >= 15 is 0 Å². The summed E-state index contributed by atoms with van der Waals surface area (Å²) < 4.78 is 0. The van der Waals surface area contributed by atoms with Crippen LogP contribution in [-0.4, -0.2) is 8.80 Å². The van der Waals surface area contributed by atoms with Crippen LogP contribution in [-0.2, 0) is 0 Å². The molecule has 0 atom stereocenters. The van der Waals surface area contributed by atoms with Crippen molar-refractivity contribution in [3.8, 4) is 0 Å². The van der Waals surface area contributed by atoms with Crippen LogP contribution in [0.15, 0.2) is 72.8 Å². The van der Waals surface area contributed by atoms with Crippen molar-refractivity contribution in [3.05, 3.63) is 72.8 Å². The van der Waals surface area contributed by atoms with Crippen molar-refractivity contribution in [1.29, 1.82) is 0 Å². The molecule has 0 aliphatic rings. The first kappa shape index (κ1) is 29.6. The quantitative estimate of drug-likeness (QED) is 0.126. The van der Waals surface area contributed by atoms with Crippen molar-refractivity contribution in [2.24, 2.45) is 0 Å². The number of benzene rings is 5. The van der Waals surface area contributed by atoms with Crippen molar-refractivity contribution >= 4 is 51.9 Å². The van der Waals surface area contributed by atoms with Crippen LogP contribution in [0.5, 0.6) is 0 Å². The molecule has 0 radical (unpaired) electrons. The maximum atomic E-state index is 2.31. The summed E-state index contributed by atoms with van der Waals surface area (Å²) >= 11 is 0. The van der Waals surface area contributed by atoms with E-state index < -0.39 is 0 Å². The molecule has 5 aromatic carbocycles. The molecule has 0 fully saturated rings. The zero-order valence-electron chi connectivity index (χ0n) is 22.5. The molecule has 0 unspecified atom stereocenters. The minimum Gasteiger partial charge on any atom is -0.0724 e. The lowest BCUT2D eigenvalue weighted by Gasteiger charge is -2.13. The Morgan fingerprint density at radius 2 is 0.562 bits per heavy atom. The lowest BCUT2D eigenvalue weighted by Crippen LogP contribution is -1.85. The standard InChI is InChI=1S/C20H12.C3H10Si.4C2H6/c1-5-13-6-2-11-17-18-12-4-8-14-7-3-10-16(20(14)18)15(9-1)19(13)17;1-4(2)3;4*1-2/h1-12H;4H,1-3H3;4*1-2H3. The fourth-order valence-corrected chi connectivity index (χ4v) is 3.58. The zero-order valence-corrected chi connectivity index (χ0v) is 23.7. The van der Waals surface area contributed by atoms with E-state index in [4.69, 9.17) is 0 Å². The molecule has 0 spiro atoms. The Balaban J connectivity index is 0.000000695. The Hall–Kier alpha value is -2.38. The van der Waals surface area contributed by atoms with E-state index in [1.54, 1.807) is 0 Å². The Bertz CT molecular complexity index is 966. The highest BCUT2D eigenvalue weighted by molar-refractivity contribution is 6.54. The van der Waals surface area contributed by atoms with E-state index in [0.29, 0.717) is 0 Å². The van der Waals surface area contributed by atoms with Gasteiger partial charge in [0.05, 0.1) is 0 Å². The zero-order chi connectivity index (χ0) is 24.7. The van der Waals surface area contributed by atoms with Crippen LogP contribution >= 0.6 is 0 Å². The predicted molar refractivity (Wildman–Crippen MR) is 158 cm³/mol. The van der Waals surface area contributed by atoms with Gasteiger partial charge in [-0.1, -0.05) is 148 Å². The van der Waals surface area contributed by atoms with E-state index in [9.17, 15) is 0 Å². The summed E-state index contributed by atoms with van der Waals surface area (Å²) in [6.45, 7) is 22.9. The molecule has 0 aliphatic heterocycles. The van der Waals surface area contributed by atoms with Gasteiger partial charge < -0.3 is 0 Å². The monoisotopic (exact) mass is 446 g/mol. The summed E-state index contributed by atoms with van der Waals surface area (Å²) in [6, 6.07) is 26.4. The SMILES string of the molecule is CC.CC.CC.CC.C[SiH](C)C.c1cc2cccc3c4cccc5cccc(c(c1)c23)c54. The Kier molecular flexibility index (Phi) is 15.1. The molecule has 0 amide bonds. The van der Waals surface area contributed by atoms with E-state index in [1.165, 1.54) is 43.1 Å². The van der Waals surface area contributed by atoms with Gasteiger partial charge in [0.15, 0.2) is 0 Å².